The molecule has 0 bridgehead atoms. The van der Waals surface area contributed by atoms with Gasteiger partial charge in [0.2, 0.25) is 0 Å². The van der Waals surface area contributed by atoms with Gasteiger partial charge in [-0.1, -0.05) is 11.6 Å². The first-order valence-corrected chi connectivity index (χ1v) is 4.33. The normalized spacial score (nSPS) is 12.5. The van der Waals surface area contributed by atoms with Crippen LogP contribution in [0.1, 0.15) is 6.92 Å². The summed E-state index contributed by atoms with van der Waals surface area (Å²) in [5, 5.41) is 3.62. The number of ether oxygens (including phenoxy) is 1. The van der Waals surface area contributed by atoms with Crippen LogP contribution in [-0.2, 0) is 4.74 Å². The molecule has 0 aromatic carbocycles. The van der Waals surface area contributed by atoms with Crippen molar-refractivity contribution in [2.75, 3.05) is 19.0 Å². The third-order valence-electron chi connectivity index (χ3n) is 1.47. The van der Waals surface area contributed by atoms with Gasteiger partial charge >= 0.3 is 0 Å². The van der Waals surface area contributed by atoms with Gasteiger partial charge in [0.15, 0.2) is 0 Å². The summed E-state index contributed by atoms with van der Waals surface area (Å²) in [7, 11) is 1.65. The van der Waals surface area contributed by atoms with Crippen LogP contribution in [-0.4, -0.2) is 29.7 Å². The second-order valence-corrected chi connectivity index (χ2v) is 3.13. The van der Waals surface area contributed by atoms with Gasteiger partial charge < -0.3 is 10.1 Å². The van der Waals surface area contributed by atoms with Crippen molar-refractivity contribution in [1.82, 2.24) is 9.97 Å². The fourth-order valence-corrected chi connectivity index (χ4v) is 1.10. The van der Waals surface area contributed by atoms with Gasteiger partial charge in [-0.15, -0.1) is 0 Å². The van der Waals surface area contributed by atoms with Gasteiger partial charge in [0.25, 0.3) is 0 Å². The Morgan fingerprint density at radius 2 is 2.46 bits per heavy atom. The van der Waals surface area contributed by atoms with Crippen LogP contribution in [0.15, 0.2) is 12.5 Å². The quantitative estimate of drug-likeness (QED) is 0.804. The molecule has 1 aromatic heterocycles. The summed E-state index contributed by atoms with van der Waals surface area (Å²) in [6.07, 6.45) is 3.00. The average molecular weight is 202 g/mol. The first-order valence-electron chi connectivity index (χ1n) is 3.95. The molecule has 0 saturated carbocycles. The number of anilines is 1. The van der Waals surface area contributed by atoms with E-state index in [1.807, 2.05) is 6.92 Å². The number of hydrogen-bond acceptors (Lipinski definition) is 4. The monoisotopic (exact) mass is 201 g/mol. The lowest BCUT2D eigenvalue weighted by Crippen LogP contribution is -2.21. The Kier molecular flexibility index (Phi) is 3.92. The van der Waals surface area contributed by atoms with E-state index >= 15 is 0 Å². The highest BCUT2D eigenvalue weighted by molar-refractivity contribution is 6.32. The molecule has 1 N–H and O–H groups in total. The molecule has 0 unspecified atom stereocenters. The van der Waals surface area contributed by atoms with Crippen LogP contribution in [0.3, 0.4) is 0 Å². The maximum atomic E-state index is 5.84. The van der Waals surface area contributed by atoms with Crippen LogP contribution in [0.2, 0.25) is 5.02 Å². The molecule has 0 fully saturated rings. The van der Waals surface area contributed by atoms with Gasteiger partial charge in [-0.2, -0.15) is 0 Å². The minimum absolute atomic E-state index is 0.178. The first-order chi connectivity index (χ1) is 6.24. The summed E-state index contributed by atoms with van der Waals surface area (Å²) in [5.74, 6) is 0.640. The maximum Gasteiger partial charge on any atom is 0.148 e. The Balaban J connectivity index is 2.58. The molecular weight excluding hydrogens is 190 g/mol. The molecule has 0 amide bonds. The molecule has 5 heteroatoms. The zero-order valence-electron chi connectivity index (χ0n) is 7.62. The van der Waals surface area contributed by atoms with Crippen LogP contribution in [0.5, 0.6) is 0 Å². The molecule has 1 atom stereocenters. The van der Waals surface area contributed by atoms with Crippen molar-refractivity contribution < 1.29 is 4.74 Å². The molecular formula is C8H12ClN3O. The molecule has 1 aromatic rings. The Labute approximate surface area is 82.3 Å². The fourth-order valence-electron chi connectivity index (χ4n) is 0.944. The summed E-state index contributed by atoms with van der Waals surface area (Å²) in [4.78, 5) is 7.77. The Morgan fingerprint density at radius 3 is 3.08 bits per heavy atom. The van der Waals surface area contributed by atoms with Crippen molar-refractivity contribution in [3.05, 3.63) is 17.5 Å². The lowest BCUT2D eigenvalue weighted by atomic mass is 10.3. The number of halogens is 1. The second-order valence-electron chi connectivity index (χ2n) is 2.72. The lowest BCUT2D eigenvalue weighted by Gasteiger charge is -2.13. The third kappa shape index (κ3) is 3.16. The highest BCUT2D eigenvalue weighted by Gasteiger charge is 2.05. The van der Waals surface area contributed by atoms with Crippen molar-refractivity contribution >= 4 is 17.4 Å². The van der Waals surface area contributed by atoms with Crippen molar-refractivity contribution in [3.8, 4) is 0 Å². The number of nitrogens with zero attached hydrogens (tertiary/aromatic N) is 2. The SMILES string of the molecule is COC[C@@H](C)Nc1ncncc1Cl. The Morgan fingerprint density at radius 1 is 1.69 bits per heavy atom. The summed E-state index contributed by atoms with van der Waals surface area (Å²) in [6.45, 7) is 2.60. The lowest BCUT2D eigenvalue weighted by molar-refractivity contribution is 0.190. The van der Waals surface area contributed by atoms with E-state index in [2.05, 4.69) is 15.3 Å². The predicted molar refractivity (Wildman–Crippen MR) is 52.0 cm³/mol. The first kappa shape index (κ1) is 10.2. The number of rotatable bonds is 4. The minimum atomic E-state index is 0.178. The number of nitrogens with one attached hydrogen (secondary N) is 1. The molecule has 1 rings (SSSR count). The maximum absolute atomic E-state index is 5.84. The van der Waals surface area contributed by atoms with E-state index in [-0.39, 0.29) is 6.04 Å². The van der Waals surface area contributed by atoms with Gasteiger partial charge in [0.1, 0.15) is 17.2 Å². The average Bonchev–Trinajstić information content (AvgIpc) is 2.09. The molecule has 0 aliphatic heterocycles. The molecule has 13 heavy (non-hydrogen) atoms. The van der Waals surface area contributed by atoms with Crippen molar-refractivity contribution in [1.29, 1.82) is 0 Å². The smallest absolute Gasteiger partial charge is 0.148 e. The van der Waals surface area contributed by atoms with Gasteiger partial charge in [-0.3, -0.25) is 0 Å². The van der Waals surface area contributed by atoms with E-state index < -0.39 is 0 Å². The summed E-state index contributed by atoms with van der Waals surface area (Å²) in [6, 6.07) is 0.178. The van der Waals surface area contributed by atoms with Crippen LogP contribution < -0.4 is 5.32 Å². The number of methoxy groups -OCH3 is 1. The van der Waals surface area contributed by atoms with E-state index in [0.717, 1.165) is 0 Å². The van der Waals surface area contributed by atoms with Gasteiger partial charge in [0, 0.05) is 13.2 Å². The zero-order chi connectivity index (χ0) is 9.68. The highest BCUT2D eigenvalue weighted by atomic mass is 35.5. The molecule has 1 heterocycles. The zero-order valence-corrected chi connectivity index (χ0v) is 8.38. The second kappa shape index (κ2) is 4.99. The summed E-state index contributed by atoms with van der Waals surface area (Å²) >= 11 is 5.84. The van der Waals surface area contributed by atoms with Crippen LogP contribution in [0.4, 0.5) is 5.82 Å². The predicted octanol–water partition coefficient (Wildman–Crippen LogP) is 1.58. The minimum Gasteiger partial charge on any atom is -0.383 e. The van der Waals surface area contributed by atoms with Gasteiger partial charge in [-0.25, -0.2) is 9.97 Å². The van der Waals surface area contributed by atoms with Gasteiger partial charge in [-0.05, 0) is 6.92 Å². The van der Waals surface area contributed by atoms with Crippen molar-refractivity contribution in [2.24, 2.45) is 0 Å². The van der Waals surface area contributed by atoms with E-state index in [0.29, 0.717) is 17.4 Å². The third-order valence-corrected chi connectivity index (χ3v) is 1.74. The van der Waals surface area contributed by atoms with E-state index in [1.54, 1.807) is 13.3 Å². The molecule has 0 radical (unpaired) electrons. The standard InChI is InChI=1S/C8H12ClN3O/c1-6(4-13-2)12-8-7(9)3-10-5-11-8/h3,5-6H,4H2,1-2H3,(H,10,11,12)/t6-/m1/s1. The van der Waals surface area contributed by atoms with E-state index in [9.17, 15) is 0 Å². The van der Waals surface area contributed by atoms with Gasteiger partial charge in [0.05, 0.1) is 12.8 Å². The molecule has 0 saturated heterocycles. The van der Waals surface area contributed by atoms with Crippen LogP contribution >= 0.6 is 11.6 Å². The van der Waals surface area contributed by atoms with Crippen molar-refractivity contribution in [2.45, 2.75) is 13.0 Å². The molecule has 0 spiro atoms. The molecule has 0 aliphatic carbocycles. The van der Waals surface area contributed by atoms with Crippen LogP contribution in [0.25, 0.3) is 0 Å². The van der Waals surface area contributed by atoms with Crippen LogP contribution in [0, 0.1) is 0 Å². The number of aromatic nitrogens is 2. The molecule has 0 aliphatic rings. The molecule has 72 valence electrons. The largest absolute Gasteiger partial charge is 0.383 e. The van der Waals surface area contributed by atoms with Crippen molar-refractivity contribution in [3.63, 3.8) is 0 Å². The highest BCUT2D eigenvalue weighted by Crippen LogP contribution is 2.16. The Bertz CT molecular complexity index is 269. The number of hydrogen-bond donors (Lipinski definition) is 1. The fraction of sp³-hybridized carbons (Fsp3) is 0.500. The summed E-state index contributed by atoms with van der Waals surface area (Å²) in [5.41, 5.74) is 0. The summed E-state index contributed by atoms with van der Waals surface area (Å²) < 4.78 is 4.97. The topological polar surface area (TPSA) is 47.0 Å². The van der Waals surface area contributed by atoms with E-state index in [4.69, 9.17) is 16.3 Å². The molecule has 4 nitrogen and oxygen atoms in total. The Hall–Kier alpha value is -0.870. The van der Waals surface area contributed by atoms with E-state index in [1.165, 1.54) is 6.33 Å².